The van der Waals surface area contributed by atoms with E-state index < -0.39 is 0 Å². The van der Waals surface area contributed by atoms with Gasteiger partial charge in [-0.25, -0.2) is 0 Å². The zero-order valence-corrected chi connectivity index (χ0v) is 17.1. The van der Waals surface area contributed by atoms with Gasteiger partial charge in [0.15, 0.2) is 0 Å². The van der Waals surface area contributed by atoms with Gasteiger partial charge in [-0.2, -0.15) is 0 Å². The van der Waals surface area contributed by atoms with E-state index in [0.29, 0.717) is 16.6 Å². The van der Waals surface area contributed by atoms with Gasteiger partial charge in [-0.15, -0.1) is 0 Å². The zero-order valence-electron chi connectivity index (χ0n) is 15.5. The molecule has 1 N–H and O–H groups in total. The van der Waals surface area contributed by atoms with Gasteiger partial charge in [0.1, 0.15) is 0 Å². The maximum atomic E-state index is 12.5. The van der Waals surface area contributed by atoms with Crippen molar-refractivity contribution < 1.29 is 9.90 Å². The molecular weight excluding hydrogens is 385 g/mol. The average molecular weight is 412 g/mol. The summed E-state index contributed by atoms with van der Waals surface area (Å²) in [5.41, 5.74) is 1.20. The summed E-state index contributed by atoms with van der Waals surface area (Å²) in [6.07, 6.45) is 4.30. The van der Waals surface area contributed by atoms with Crippen molar-refractivity contribution in [3.05, 3.63) is 28.2 Å². The van der Waals surface area contributed by atoms with Crippen molar-refractivity contribution >= 4 is 34.8 Å². The number of carbonyl (C=O) groups is 1. The maximum absolute atomic E-state index is 12.5. The smallest absolute Gasteiger partial charge is 0.242 e. The van der Waals surface area contributed by atoms with Gasteiger partial charge in [0.25, 0.3) is 0 Å². The van der Waals surface area contributed by atoms with E-state index in [1.807, 2.05) is 17.0 Å². The van der Waals surface area contributed by atoms with Crippen LogP contribution >= 0.6 is 23.2 Å². The number of piperidine rings is 1. The highest BCUT2D eigenvalue weighted by atomic mass is 35.5. The third-order valence-electron chi connectivity index (χ3n) is 6.45. The number of amides is 1. The van der Waals surface area contributed by atoms with E-state index in [1.54, 1.807) is 6.07 Å². The highest BCUT2D eigenvalue weighted by Gasteiger charge is 2.50. The second-order valence-electron chi connectivity index (χ2n) is 8.18. The van der Waals surface area contributed by atoms with Crippen molar-refractivity contribution in [3.8, 4) is 0 Å². The second-order valence-corrected chi connectivity index (χ2v) is 9.00. The number of halogens is 2. The highest BCUT2D eigenvalue weighted by Crippen LogP contribution is 2.53. The Kier molecular flexibility index (Phi) is 5.57. The number of aliphatic hydroxyl groups excluding tert-OH is 1. The number of hydrogen-bond donors (Lipinski definition) is 1. The first-order valence-corrected chi connectivity index (χ1v) is 10.6. The molecule has 1 aliphatic carbocycles. The molecular formula is C20H27Cl2N3O2. The van der Waals surface area contributed by atoms with Gasteiger partial charge in [0.05, 0.1) is 22.7 Å². The van der Waals surface area contributed by atoms with Crippen LogP contribution < -0.4 is 4.90 Å². The second kappa shape index (κ2) is 7.78. The lowest BCUT2D eigenvalue weighted by atomic mass is 9.90. The molecule has 2 aliphatic heterocycles. The summed E-state index contributed by atoms with van der Waals surface area (Å²) in [4.78, 5) is 18.9. The molecule has 0 radical (unpaired) electrons. The van der Waals surface area contributed by atoms with Crippen LogP contribution in [0.3, 0.4) is 0 Å². The van der Waals surface area contributed by atoms with Crippen molar-refractivity contribution in [2.75, 3.05) is 50.7 Å². The summed E-state index contributed by atoms with van der Waals surface area (Å²) in [5.74, 6) is 0.155. The molecule has 1 amide bonds. The molecule has 3 fully saturated rings. The quantitative estimate of drug-likeness (QED) is 0.808. The number of β-amino-alcohol motifs (C(OH)–C–C–N with tert-alkyl or cyclic N) is 1. The lowest BCUT2D eigenvalue weighted by Gasteiger charge is -2.38. The molecule has 3 aliphatic rings. The molecule has 5 nitrogen and oxygen atoms in total. The van der Waals surface area contributed by atoms with Gasteiger partial charge in [-0.3, -0.25) is 4.79 Å². The minimum absolute atomic E-state index is 0.155. The Morgan fingerprint density at radius 3 is 2.56 bits per heavy atom. The van der Waals surface area contributed by atoms with Gasteiger partial charge in [-0.05, 0) is 62.4 Å². The van der Waals surface area contributed by atoms with E-state index in [2.05, 4.69) is 9.80 Å². The van der Waals surface area contributed by atoms with E-state index in [-0.39, 0.29) is 17.4 Å². The summed E-state index contributed by atoms with van der Waals surface area (Å²) in [6, 6.07) is 5.50. The monoisotopic (exact) mass is 411 g/mol. The van der Waals surface area contributed by atoms with Crippen LogP contribution in [0.4, 0.5) is 5.69 Å². The molecule has 0 unspecified atom stereocenters. The van der Waals surface area contributed by atoms with Crippen LogP contribution in [0.2, 0.25) is 10.0 Å². The minimum atomic E-state index is -0.164. The molecule has 1 atom stereocenters. The summed E-state index contributed by atoms with van der Waals surface area (Å²) in [7, 11) is 0. The maximum Gasteiger partial charge on any atom is 0.242 e. The predicted molar refractivity (Wildman–Crippen MR) is 109 cm³/mol. The molecule has 1 spiro atoms. The van der Waals surface area contributed by atoms with Crippen molar-refractivity contribution in [2.24, 2.45) is 5.41 Å². The fourth-order valence-corrected chi connectivity index (χ4v) is 4.65. The first-order chi connectivity index (χ1) is 13.0. The van der Waals surface area contributed by atoms with Crippen molar-refractivity contribution in [2.45, 2.75) is 31.8 Å². The Morgan fingerprint density at radius 1 is 1.07 bits per heavy atom. The molecule has 2 saturated heterocycles. The summed E-state index contributed by atoms with van der Waals surface area (Å²) in [6.45, 7) is 5.51. The minimum Gasteiger partial charge on any atom is -0.391 e. The lowest BCUT2D eigenvalue weighted by Crippen LogP contribution is -2.51. The van der Waals surface area contributed by atoms with E-state index in [0.717, 1.165) is 57.8 Å². The topological polar surface area (TPSA) is 47.0 Å². The number of aliphatic hydroxyl groups is 1. The fourth-order valence-electron chi connectivity index (χ4n) is 4.36. The van der Waals surface area contributed by atoms with Crippen LogP contribution in [0.15, 0.2) is 18.2 Å². The van der Waals surface area contributed by atoms with Gasteiger partial charge in [0.2, 0.25) is 5.91 Å². The van der Waals surface area contributed by atoms with E-state index in [4.69, 9.17) is 23.2 Å². The van der Waals surface area contributed by atoms with E-state index in [1.165, 1.54) is 12.8 Å². The molecule has 7 heteroatoms. The Hall–Kier alpha value is -1.01. The number of anilines is 1. The number of nitrogens with zero attached hydrogens (tertiary/aromatic N) is 3. The molecule has 4 rings (SSSR count). The molecule has 148 valence electrons. The van der Waals surface area contributed by atoms with Crippen LogP contribution in [0.5, 0.6) is 0 Å². The Labute approximate surface area is 170 Å². The van der Waals surface area contributed by atoms with Crippen LogP contribution in [-0.2, 0) is 4.79 Å². The van der Waals surface area contributed by atoms with E-state index in [9.17, 15) is 9.90 Å². The number of hydrogen-bond acceptors (Lipinski definition) is 4. The molecule has 0 bridgehead atoms. The van der Waals surface area contributed by atoms with Gasteiger partial charge >= 0.3 is 0 Å². The average Bonchev–Trinajstić information content (AvgIpc) is 3.43. The van der Waals surface area contributed by atoms with Crippen LogP contribution in [0.25, 0.3) is 0 Å². The number of rotatable bonds is 5. The Bertz CT molecular complexity index is 710. The number of carbonyl (C=O) groups excluding carboxylic acids is 1. The van der Waals surface area contributed by atoms with Crippen molar-refractivity contribution in [3.63, 3.8) is 0 Å². The predicted octanol–water partition coefficient (Wildman–Crippen LogP) is 2.88. The highest BCUT2D eigenvalue weighted by molar-refractivity contribution is 6.42. The fraction of sp³-hybridized carbons (Fsp3) is 0.650. The summed E-state index contributed by atoms with van der Waals surface area (Å²) in [5, 5.41) is 11.3. The third-order valence-corrected chi connectivity index (χ3v) is 7.18. The third kappa shape index (κ3) is 4.21. The first-order valence-electron chi connectivity index (χ1n) is 9.85. The zero-order chi connectivity index (χ0) is 19.0. The standard InChI is InChI=1S/C20H27Cl2N3O2/c21-16-3-2-15(12-17(16)22)25-11-10-24(19(27)14-25)8-1-7-23-9-6-20(4-5-20)18(26)13-23/h2-3,12,18,26H,1,4-11,13-14H2/t18-/m1/s1. The largest absolute Gasteiger partial charge is 0.391 e. The molecule has 1 aromatic carbocycles. The van der Waals surface area contributed by atoms with Gasteiger partial charge in [-0.1, -0.05) is 23.2 Å². The molecule has 27 heavy (non-hydrogen) atoms. The van der Waals surface area contributed by atoms with Crippen molar-refractivity contribution in [1.29, 1.82) is 0 Å². The molecule has 2 heterocycles. The molecule has 1 aromatic rings. The van der Waals surface area contributed by atoms with Crippen LogP contribution in [0.1, 0.15) is 25.7 Å². The Morgan fingerprint density at radius 2 is 1.89 bits per heavy atom. The summed E-state index contributed by atoms with van der Waals surface area (Å²) < 4.78 is 0. The Balaban J connectivity index is 1.22. The lowest BCUT2D eigenvalue weighted by molar-refractivity contribution is -0.131. The van der Waals surface area contributed by atoms with Gasteiger partial charge in [0, 0.05) is 31.9 Å². The van der Waals surface area contributed by atoms with E-state index >= 15 is 0 Å². The normalized spacial score (nSPS) is 25.3. The molecule has 0 aromatic heterocycles. The van der Waals surface area contributed by atoms with Crippen LogP contribution in [-0.4, -0.2) is 72.7 Å². The van der Waals surface area contributed by atoms with Crippen LogP contribution in [0, 0.1) is 5.41 Å². The van der Waals surface area contributed by atoms with Crippen molar-refractivity contribution in [1.82, 2.24) is 9.80 Å². The first kappa shape index (κ1) is 19.3. The number of piperazine rings is 1. The summed E-state index contributed by atoms with van der Waals surface area (Å²) >= 11 is 12.1. The number of likely N-dealkylation sites (tertiary alicyclic amines) is 1. The van der Waals surface area contributed by atoms with Gasteiger partial charge < -0.3 is 19.8 Å². The SMILES string of the molecule is O=C1CN(c2ccc(Cl)c(Cl)c2)CCN1CCCN1CCC2(CC2)[C@H](O)C1. The number of benzene rings is 1. The molecule has 1 saturated carbocycles.